The van der Waals surface area contributed by atoms with Gasteiger partial charge < -0.3 is 15.0 Å². The highest BCUT2D eigenvalue weighted by Gasteiger charge is 2.22. The third-order valence-electron chi connectivity index (χ3n) is 3.81. The molecule has 0 radical (unpaired) electrons. The summed E-state index contributed by atoms with van der Waals surface area (Å²) in [6.07, 6.45) is 1.70. The minimum atomic E-state index is 0.193. The lowest BCUT2D eigenvalue weighted by molar-refractivity contribution is -0.127. The maximum Gasteiger partial charge on any atom is 0.222 e. The third kappa shape index (κ3) is 3.51. The smallest absolute Gasteiger partial charge is 0.222 e. The number of amides is 1. The van der Waals surface area contributed by atoms with E-state index < -0.39 is 0 Å². The van der Waals surface area contributed by atoms with Crippen LogP contribution in [0.4, 0.5) is 0 Å². The molecule has 4 nitrogen and oxygen atoms in total. The van der Waals surface area contributed by atoms with Crippen LogP contribution >= 0.6 is 0 Å². The standard InChI is InChI=1S/C16H24N2O2/c1-12(11-18-10-6-9-16(18)19)17-13(2)14-7-4-5-8-15(14)20-3/h4-5,7-8,12-13,17H,6,9-11H2,1-3H3. The van der Waals surface area contributed by atoms with E-state index in [1.165, 1.54) is 0 Å². The number of hydrogen-bond acceptors (Lipinski definition) is 3. The first-order valence-electron chi connectivity index (χ1n) is 7.28. The van der Waals surface area contributed by atoms with Gasteiger partial charge in [0, 0.05) is 37.2 Å². The van der Waals surface area contributed by atoms with E-state index in [-0.39, 0.29) is 18.0 Å². The Kier molecular flexibility index (Phi) is 5.01. The summed E-state index contributed by atoms with van der Waals surface area (Å²) in [5.41, 5.74) is 1.15. The Bertz CT molecular complexity index is 462. The summed E-state index contributed by atoms with van der Waals surface area (Å²) < 4.78 is 5.39. The van der Waals surface area contributed by atoms with Crippen molar-refractivity contribution in [1.82, 2.24) is 10.2 Å². The highest BCUT2D eigenvalue weighted by Crippen LogP contribution is 2.24. The third-order valence-corrected chi connectivity index (χ3v) is 3.81. The van der Waals surface area contributed by atoms with Crippen molar-refractivity contribution in [3.05, 3.63) is 29.8 Å². The number of nitrogens with one attached hydrogen (secondary N) is 1. The fraction of sp³-hybridized carbons (Fsp3) is 0.562. The SMILES string of the molecule is COc1ccccc1C(C)NC(C)CN1CCCC1=O. The van der Waals surface area contributed by atoms with Crippen LogP contribution < -0.4 is 10.1 Å². The van der Waals surface area contributed by atoms with Gasteiger partial charge in [-0.25, -0.2) is 0 Å². The number of ether oxygens (including phenoxy) is 1. The van der Waals surface area contributed by atoms with Gasteiger partial charge >= 0.3 is 0 Å². The average molecular weight is 276 g/mol. The lowest BCUT2D eigenvalue weighted by Crippen LogP contribution is -2.40. The number of carbonyl (C=O) groups excluding carboxylic acids is 1. The number of nitrogens with zero attached hydrogens (tertiary/aromatic N) is 1. The second-order valence-corrected chi connectivity index (χ2v) is 5.47. The molecule has 1 aliphatic heterocycles. The van der Waals surface area contributed by atoms with Gasteiger partial charge in [-0.05, 0) is 26.3 Å². The summed E-state index contributed by atoms with van der Waals surface area (Å²) in [7, 11) is 1.69. The quantitative estimate of drug-likeness (QED) is 0.867. The normalized spacial score (nSPS) is 18.1. The molecule has 2 rings (SSSR count). The van der Waals surface area contributed by atoms with Crippen LogP contribution in [-0.2, 0) is 4.79 Å². The molecular formula is C16H24N2O2. The maximum absolute atomic E-state index is 11.6. The number of hydrogen-bond donors (Lipinski definition) is 1. The lowest BCUT2D eigenvalue weighted by atomic mass is 10.1. The summed E-state index contributed by atoms with van der Waals surface area (Å²) in [5.74, 6) is 1.18. The molecule has 0 bridgehead atoms. The molecule has 20 heavy (non-hydrogen) atoms. The zero-order chi connectivity index (χ0) is 14.5. The van der Waals surface area contributed by atoms with Gasteiger partial charge in [0.25, 0.3) is 0 Å². The first kappa shape index (κ1) is 14.9. The van der Waals surface area contributed by atoms with E-state index in [4.69, 9.17) is 4.74 Å². The number of likely N-dealkylation sites (tertiary alicyclic amines) is 1. The van der Waals surface area contributed by atoms with Crippen LogP contribution in [0.1, 0.15) is 38.3 Å². The van der Waals surface area contributed by atoms with E-state index in [0.717, 1.165) is 30.8 Å². The van der Waals surface area contributed by atoms with Gasteiger partial charge in [0.1, 0.15) is 5.75 Å². The number of benzene rings is 1. The van der Waals surface area contributed by atoms with Crippen molar-refractivity contribution < 1.29 is 9.53 Å². The topological polar surface area (TPSA) is 41.6 Å². The molecule has 1 saturated heterocycles. The van der Waals surface area contributed by atoms with E-state index in [1.807, 2.05) is 23.1 Å². The zero-order valence-electron chi connectivity index (χ0n) is 12.6. The Hall–Kier alpha value is -1.55. The number of methoxy groups -OCH3 is 1. The van der Waals surface area contributed by atoms with Gasteiger partial charge in [0.05, 0.1) is 7.11 Å². The van der Waals surface area contributed by atoms with Gasteiger partial charge in [-0.2, -0.15) is 0 Å². The fourth-order valence-corrected chi connectivity index (χ4v) is 2.82. The van der Waals surface area contributed by atoms with Gasteiger partial charge in [-0.1, -0.05) is 18.2 Å². The van der Waals surface area contributed by atoms with Crippen LogP contribution in [0.5, 0.6) is 5.75 Å². The molecule has 1 fully saturated rings. The summed E-state index contributed by atoms with van der Waals surface area (Å²) >= 11 is 0. The van der Waals surface area contributed by atoms with Gasteiger partial charge in [0.15, 0.2) is 0 Å². The minimum Gasteiger partial charge on any atom is -0.496 e. The van der Waals surface area contributed by atoms with Crippen molar-refractivity contribution in [1.29, 1.82) is 0 Å². The van der Waals surface area contributed by atoms with Crippen LogP contribution in [0.2, 0.25) is 0 Å². The first-order valence-corrected chi connectivity index (χ1v) is 7.28. The first-order chi connectivity index (χ1) is 9.61. The summed E-state index contributed by atoms with van der Waals surface area (Å²) in [5, 5.41) is 3.54. The van der Waals surface area contributed by atoms with Crippen LogP contribution in [0.15, 0.2) is 24.3 Å². The highest BCUT2D eigenvalue weighted by atomic mass is 16.5. The van der Waals surface area contributed by atoms with Crippen molar-refractivity contribution in [3.63, 3.8) is 0 Å². The molecule has 1 heterocycles. The molecule has 1 aliphatic rings. The lowest BCUT2D eigenvalue weighted by Gasteiger charge is -2.25. The average Bonchev–Trinajstić information content (AvgIpc) is 2.84. The molecule has 0 saturated carbocycles. The Morgan fingerprint density at radius 2 is 2.10 bits per heavy atom. The predicted molar refractivity (Wildman–Crippen MR) is 79.8 cm³/mol. The molecule has 0 spiro atoms. The van der Waals surface area contributed by atoms with Crippen molar-refractivity contribution in [2.75, 3.05) is 20.2 Å². The molecule has 1 aromatic rings. The van der Waals surface area contributed by atoms with E-state index in [1.54, 1.807) is 7.11 Å². The summed E-state index contributed by atoms with van der Waals surface area (Å²) in [6, 6.07) is 8.49. The molecule has 2 unspecified atom stereocenters. The van der Waals surface area contributed by atoms with Crippen molar-refractivity contribution in [2.24, 2.45) is 0 Å². The Morgan fingerprint density at radius 3 is 2.75 bits per heavy atom. The number of para-hydroxylation sites is 1. The van der Waals surface area contributed by atoms with Crippen molar-refractivity contribution in [3.8, 4) is 5.75 Å². The summed E-state index contributed by atoms with van der Waals surface area (Å²) in [4.78, 5) is 13.6. The Labute approximate surface area is 121 Å². The van der Waals surface area contributed by atoms with Crippen LogP contribution in [0, 0.1) is 0 Å². The molecule has 110 valence electrons. The predicted octanol–water partition coefficient (Wildman–Crippen LogP) is 2.36. The van der Waals surface area contributed by atoms with E-state index in [2.05, 4.69) is 25.2 Å². The zero-order valence-corrected chi connectivity index (χ0v) is 12.6. The molecule has 0 aromatic heterocycles. The molecular weight excluding hydrogens is 252 g/mol. The van der Waals surface area contributed by atoms with Crippen LogP contribution in [0.25, 0.3) is 0 Å². The van der Waals surface area contributed by atoms with Crippen LogP contribution in [0.3, 0.4) is 0 Å². The molecule has 1 aromatic carbocycles. The molecule has 0 aliphatic carbocycles. The minimum absolute atomic E-state index is 0.193. The molecule has 4 heteroatoms. The molecule has 1 amide bonds. The monoisotopic (exact) mass is 276 g/mol. The van der Waals surface area contributed by atoms with Crippen molar-refractivity contribution >= 4 is 5.91 Å². The maximum atomic E-state index is 11.6. The van der Waals surface area contributed by atoms with E-state index in [0.29, 0.717) is 6.42 Å². The second-order valence-electron chi connectivity index (χ2n) is 5.47. The second kappa shape index (κ2) is 6.75. The van der Waals surface area contributed by atoms with Gasteiger partial charge in [0.2, 0.25) is 5.91 Å². The van der Waals surface area contributed by atoms with Crippen LogP contribution in [-0.4, -0.2) is 37.0 Å². The fourth-order valence-electron chi connectivity index (χ4n) is 2.82. The highest BCUT2D eigenvalue weighted by molar-refractivity contribution is 5.78. The Morgan fingerprint density at radius 1 is 1.35 bits per heavy atom. The van der Waals surface area contributed by atoms with Gasteiger partial charge in [-0.3, -0.25) is 4.79 Å². The molecule has 1 N–H and O–H groups in total. The Balaban J connectivity index is 1.93. The summed E-state index contributed by atoms with van der Waals surface area (Å²) in [6.45, 7) is 5.92. The number of rotatable bonds is 6. The largest absolute Gasteiger partial charge is 0.496 e. The van der Waals surface area contributed by atoms with Gasteiger partial charge in [-0.15, -0.1) is 0 Å². The molecule has 2 atom stereocenters. The number of carbonyl (C=O) groups is 1. The van der Waals surface area contributed by atoms with E-state index >= 15 is 0 Å². The van der Waals surface area contributed by atoms with Crippen molar-refractivity contribution in [2.45, 2.75) is 38.8 Å². The van der Waals surface area contributed by atoms with E-state index in [9.17, 15) is 4.79 Å².